The lowest BCUT2D eigenvalue weighted by molar-refractivity contribution is 0.626. The molecule has 25 heavy (non-hydrogen) atoms. The molecular weight excluding hydrogens is 335 g/mol. The minimum Gasteiger partial charge on any atom is -0.356 e. The van der Waals surface area contributed by atoms with E-state index in [-0.39, 0.29) is 5.82 Å². The van der Waals surface area contributed by atoms with Crippen LogP contribution in [0, 0.1) is 12.7 Å². The van der Waals surface area contributed by atoms with Gasteiger partial charge in [0.25, 0.3) is 0 Å². The lowest BCUT2D eigenvalue weighted by Gasteiger charge is -2.11. The van der Waals surface area contributed by atoms with Gasteiger partial charge in [0.2, 0.25) is 0 Å². The van der Waals surface area contributed by atoms with E-state index in [0.29, 0.717) is 0 Å². The predicted octanol–water partition coefficient (Wildman–Crippen LogP) is 3.42. The first-order valence-electron chi connectivity index (χ1n) is 8.42. The van der Waals surface area contributed by atoms with Gasteiger partial charge in [-0.3, -0.25) is 9.98 Å². The van der Waals surface area contributed by atoms with Gasteiger partial charge in [0, 0.05) is 36.9 Å². The molecule has 0 spiro atoms. The minimum absolute atomic E-state index is 0.192. The molecule has 6 heteroatoms. The summed E-state index contributed by atoms with van der Waals surface area (Å²) in [4.78, 5) is 9.62. The van der Waals surface area contributed by atoms with Crippen LogP contribution in [0.2, 0.25) is 0 Å². The molecule has 0 aliphatic heterocycles. The Labute approximate surface area is 153 Å². The molecule has 0 fully saturated rings. The van der Waals surface area contributed by atoms with Gasteiger partial charge >= 0.3 is 0 Å². The predicted molar refractivity (Wildman–Crippen MR) is 104 cm³/mol. The van der Waals surface area contributed by atoms with Crippen molar-refractivity contribution in [1.82, 2.24) is 15.6 Å². The molecule has 2 rings (SSSR count). The maximum Gasteiger partial charge on any atom is 0.190 e. The van der Waals surface area contributed by atoms with Crippen LogP contribution in [-0.2, 0) is 6.42 Å². The zero-order chi connectivity index (χ0) is 17.9. The van der Waals surface area contributed by atoms with E-state index in [1.165, 1.54) is 17.7 Å². The molecule has 0 saturated heterocycles. The Morgan fingerprint density at radius 1 is 1.12 bits per heavy atom. The smallest absolute Gasteiger partial charge is 0.190 e. The summed E-state index contributed by atoms with van der Waals surface area (Å²) >= 11 is 1.73. The molecule has 2 aromatic rings. The molecule has 0 aliphatic carbocycles. The number of hydrogen-bond acceptors (Lipinski definition) is 3. The number of aromatic nitrogens is 1. The van der Waals surface area contributed by atoms with E-state index in [0.717, 1.165) is 48.2 Å². The number of guanidine groups is 1. The maximum absolute atomic E-state index is 12.8. The molecule has 0 radical (unpaired) electrons. The first-order valence-corrected chi connectivity index (χ1v) is 9.40. The van der Waals surface area contributed by atoms with Crippen molar-refractivity contribution in [2.45, 2.75) is 24.7 Å². The van der Waals surface area contributed by atoms with E-state index in [4.69, 9.17) is 0 Å². The van der Waals surface area contributed by atoms with Crippen LogP contribution in [0.1, 0.15) is 17.7 Å². The van der Waals surface area contributed by atoms with E-state index in [1.807, 2.05) is 31.3 Å². The van der Waals surface area contributed by atoms with Crippen molar-refractivity contribution in [1.29, 1.82) is 0 Å². The average Bonchev–Trinajstić information content (AvgIpc) is 2.63. The monoisotopic (exact) mass is 360 g/mol. The Morgan fingerprint density at radius 3 is 2.56 bits per heavy atom. The fourth-order valence-electron chi connectivity index (χ4n) is 2.19. The Balaban J connectivity index is 1.58. The number of nitrogens with one attached hydrogen (secondary N) is 2. The fourth-order valence-corrected chi connectivity index (χ4v) is 3.04. The van der Waals surface area contributed by atoms with Gasteiger partial charge in [-0.25, -0.2) is 4.39 Å². The fraction of sp³-hybridized carbons (Fsp3) is 0.368. The van der Waals surface area contributed by atoms with Crippen molar-refractivity contribution < 1.29 is 4.39 Å². The molecule has 134 valence electrons. The zero-order valence-corrected chi connectivity index (χ0v) is 15.6. The average molecular weight is 361 g/mol. The SMILES string of the molecule is CN=C(NCCCSc1ccc(F)cc1)NCCc1ccc(C)nc1. The number of pyridine rings is 1. The molecule has 1 aromatic heterocycles. The van der Waals surface area contributed by atoms with Crippen LogP contribution in [0.25, 0.3) is 0 Å². The number of benzene rings is 1. The van der Waals surface area contributed by atoms with Gasteiger partial charge < -0.3 is 10.6 Å². The third kappa shape index (κ3) is 7.56. The highest BCUT2D eigenvalue weighted by molar-refractivity contribution is 7.99. The van der Waals surface area contributed by atoms with Crippen molar-refractivity contribution in [3.8, 4) is 0 Å². The highest BCUT2D eigenvalue weighted by Crippen LogP contribution is 2.18. The summed E-state index contributed by atoms with van der Waals surface area (Å²) in [6.45, 7) is 3.65. The minimum atomic E-state index is -0.192. The third-order valence-electron chi connectivity index (χ3n) is 3.60. The van der Waals surface area contributed by atoms with Gasteiger partial charge in [-0.15, -0.1) is 11.8 Å². The van der Waals surface area contributed by atoms with Crippen molar-refractivity contribution in [3.63, 3.8) is 0 Å². The molecule has 2 N–H and O–H groups in total. The summed E-state index contributed by atoms with van der Waals surface area (Å²) in [7, 11) is 1.77. The van der Waals surface area contributed by atoms with Crippen LogP contribution in [0.3, 0.4) is 0 Å². The van der Waals surface area contributed by atoms with Crippen LogP contribution in [0.15, 0.2) is 52.5 Å². The van der Waals surface area contributed by atoms with E-state index in [9.17, 15) is 4.39 Å². The third-order valence-corrected chi connectivity index (χ3v) is 4.70. The number of aryl methyl sites for hydroxylation is 1. The summed E-state index contributed by atoms with van der Waals surface area (Å²) in [5.74, 6) is 1.60. The molecule has 0 amide bonds. The molecule has 4 nitrogen and oxygen atoms in total. The van der Waals surface area contributed by atoms with E-state index >= 15 is 0 Å². The van der Waals surface area contributed by atoms with Crippen LogP contribution >= 0.6 is 11.8 Å². The molecule has 0 saturated carbocycles. The summed E-state index contributed by atoms with van der Waals surface area (Å²) in [6.07, 6.45) is 3.83. The Bertz CT molecular complexity index is 656. The standard InChI is InChI=1S/C19H25FN4S/c1-15-4-5-16(14-24-15)10-12-23-19(21-2)22-11-3-13-25-18-8-6-17(20)7-9-18/h4-9,14H,3,10-13H2,1-2H3,(H2,21,22,23). The number of aliphatic imine (C=N–C) groups is 1. The topological polar surface area (TPSA) is 49.3 Å². The van der Waals surface area contributed by atoms with Gasteiger partial charge in [-0.05, 0) is 61.4 Å². The van der Waals surface area contributed by atoms with Crippen molar-refractivity contribution in [2.75, 3.05) is 25.9 Å². The molecule has 1 aromatic carbocycles. The Hall–Kier alpha value is -2.08. The van der Waals surface area contributed by atoms with Gasteiger partial charge in [0.05, 0.1) is 0 Å². The molecular formula is C19H25FN4S. The number of nitrogens with zero attached hydrogens (tertiary/aromatic N) is 2. The summed E-state index contributed by atoms with van der Waals surface area (Å²) < 4.78 is 12.8. The number of thioether (sulfide) groups is 1. The van der Waals surface area contributed by atoms with Gasteiger partial charge in [-0.2, -0.15) is 0 Å². The lowest BCUT2D eigenvalue weighted by Crippen LogP contribution is -2.38. The lowest BCUT2D eigenvalue weighted by atomic mass is 10.2. The molecule has 0 bridgehead atoms. The maximum atomic E-state index is 12.8. The first kappa shape index (κ1) is 19.2. The molecule has 0 aliphatic rings. The second-order valence-electron chi connectivity index (χ2n) is 5.64. The molecule has 0 atom stereocenters. The Morgan fingerprint density at radius 2 is 1.88 bits per heavy atom. The van der Waals surface area contributed by atoms with E-state index in [1.54, 1.807) is 18.8 Å². The second-order valence-corrected chi connectivity index (χ2v) is 6.81. The summed E-state index contributed by atoms with van der Waals surface area (Å²) in [6, 6.07) is 10.8. The number of rotatable bonds is 8. The van der Waals surface area contributed by atoms with E-state index in [2.05, 4.69) is 26.7 Å². The van der Waals surface area contributed by atoms with Crippen molar-refractivity contribution >= 4 is 17.7 Å². The zero-order valence-electron chi connectivity index (χ0n) is 14.8. The second kappa shape index (κ2) is 10.7. The highest BCUT2D eigenvalue weighted by atomic mass is 32.2. The summed E-state index contributed by atoms with van der Waals surface area (Å²) in [5, 5.41) is 6.62. The van der Waals surface area contributed by atoms with Gasteiger partial charge in [0.1, 0.15) is 5.82 Å². The number of hydrogen-bond donors (Lipinski definition) is 2. The van der Waals surface area contributed by atoms with Crippen LogP contribution in [0.4, 0.5) is 4.39 Å². The van der Waals surface area contributed by atoms with Crippen molar-refractivity contribution in [2.24, 2.45) is 4.99 Å². The molecule has 0 unspecified atom stereocenters. The van der Waals surface area contributed by atoms with E-state index < -0.39 is 0 Å². The van der Waals surface area contributed by atoms with Crippen LogP contribution in [-0.4, -0.2) is 36.8 Å². The largest absolute Gasteiger partial charge is 0.356 e. The van der Waals surface area contributed by atoms with Gasteiger partial charge in [0.15, 0.2) is 5.96 Å². The van der Waals surface area contributed by atoms with Crippen LogP contribution < -0.4 is 10.6 Å². The molecule has 1 heterocycles. The van der Waals surface area contributed by atoms with Crippen LogP contribution in [0.5, 0.6) is 0 Å². The normalized spacial score (nSPS) is 11.4. The van der Waals surface area contributed by atoms with Crippen molar-refractivity contribution in [3.05, 3.63) is 59.7 Å². The first-order chi connectivity index (χ1) is 12.2. The Kier molecular flexibility index (Phi) is 8.25. The quantitative estimate of drug-likeness (QED) is 0.328. The summed E-state index contributed by atoms with van der Waals surface area (Å²) in [5.41, 5.74) is 2.25. The highest BCUT2D eigenvalue weighted by Gasteiger charge is 1.99. The number of halogens is 1. The van der Waals surface area contributed by atoms with Gasteiger partial charge in [-0.1, -0.05) is 6.07 Å².